The highest BCUT2D eigenvalue weighted by atomic mass is 16.6. The summed E-state index contributed by atoms with van der Waals surface area (Å²) in [7, 11) is 0. The second-order valence-corrected chi connectivity index (χ2v) is 14.3. The molecule has 0 bridgehead atoms. The van der Waals surface area contributed by atoms with Crippen LogP contribution in [-0.2, 0) is 42.9 Å². The Bertz CT molecular complexity index is 2460. The van der Waals surface area contributed by atoms with E-state index < -0.39 is 53.8 Å². The largest absolute Gasteiger partial charge is 0.506 e. The predicted octanol–water partition coefficient (Wildman–Crippen LogP) is 5.28. The summed E-state index contributed by atoms with van der Waals surface area (Å²) in [6.45, 7) is 6.56. The number of esters is 4. The molecule has 14 heteroatoms. The lowest BCUT2D eigenvalue weighted by Gasteiger charge is -2.36. The lowest BCUT2D eigenvalue weighted by Crippen LogP contribution is -2.44. The topological polar surface area (TPSA) is 191 Å². The van der Waals surface area contributed by atoms with E-state index in [9.17, 15) is 29.1 Å². The van der Waals surface area contributed by atoms with E-state index in [-0.39, 0.29) is 69.0 Å². The quantitative estimate of drug-likeness (QED) is 0.0900. The van der Waals surface area contributed by atoms with Gasteiger partial charge in [-0.15, -0.1) is 0 Å². The molecule has 0 amide bonds. The van der Waals surface area contributed by atoms with Crippen LogP contribution in [0.4, 0.5) is 17.1 Å². The highest BCUT2D eigenvalue weighted by Crippen LogP contribution is 2.46. The van der Waals surface area contributed by atoms with Gasteiger partial charge in [0.25, 0.3) is 0 Å². The zero-order chi connectivity index (χ0) is 41.1. The van der Waals surface area contributed by atoms with Crippen LogP contribution >= 0.6 is 0 Å². The summed E-state index contributed by atoms with van der Waals surface area (Å²) in [5.41, 5.74) is 2.73. The third-order valence-electron chi connectivity index (χ3n) is 10.6. The molecule has 0 saturated heterocycles. The molecule has 4 N–H and O–H groups in total. The Morgan fingerprint density at radius 1 is 0.638 bits per heavy atom. The Kier molecular flexibility index (Phi) is 11.6. The number of anilines is 3. The number of carbonyl (C=O) groups excluding carboxylic acids is 5. The molecule has 1 aliphatic carbocycles. The van der Waals surface area contributed by atoms with Gasteiger partial charge in [0, 0.05) is 58.6 Å². The van der Waals surface area contributed by atoms with Crippen molar-refractivity contribution in [3.63, 3.8) is 0 Å². The van der Waals surface area contributed by atoms with Crippen LogP contribution in [-0.4, -0.2) is 73.5 Å². The predicted molar refractivity (Wildman–Crippen MR) is 217 cm³/mol. The molecule has 7 rings (SSSR count). The van der Waals surface area contributed by atoms with Crippen molar-refractivity contribution in [2.45, 2.75) is 65.7 Å². The normalized spacial score (nSPS) is 17.5. The molecule has 0 saturated carbocycles. The van der Waals surface area contributed by atoms with Crippen molar-refractivity contribution >= 4 is 79.4 Å². The van der Waals surface area contributed by atoms with Crippen molar-refractivity contribution < 1.29 is 48.0 Å². The second kappa shape index (κ2) is 17.0. The molecule has 0 aromatic heterocycles. The summed E-state index contributed by atoms with van der Waals surface area (Å²) in [6, 6.07) is 18.7. The number of allylic oxidation sites excluding steroid dienone is 2. The standard InChI is InChI=1S/C44H46N4O10/c1-5-31(49)55-19-25(20-56-32(50)6-2)43-45-29-13-9-11-23-15-17-27(39(47-43)35(23)29)37-41(53)38(42(37)54)28-18-16-24-12-10-14-30-36(24)40(28)48-44(46-30)26(21-57-33(51)7-3)22-58-34(52)8-4/h9-18,25-26,43-47,53H,5-8,19-22H2,1-4H3. The molecule has 58 heavy (non-hydrogen) atoms. The van der Waals surface area contributed by atoms with Crippen LogP contribution in [0.2, 0.25) is 0 Å². The molecular formula is C44H46N4O10. The van der Waals surface area contributed by atoms with Crippen LogP contribution in [0.25, 0.3) is 32.7 Å². The summed E-state index contributed by atoms with van der Waals surface area (Å²) < 4.78 is 22.0. The number of rotatable bonds is 15. The SMILES string of the molecule is CCC(=O)OCC(COC(=O)CC)C1N=c2c(=C3C(=O)C(c4ccc5cccc6c5c4NC(C(COC(=O)CC)COC(=O)CC)N6)=C3O)ccc3cccc(c23)N1. The number of nitrogens with one attached hydrogen (secondary N) is 3. The Labute approximate surface area is 334 Å². The maximum atomic E-state index is 14.5. The van der Waals surface area contributed by atoms with Gasteiger partial charge in [-0.25, -0.2) is 0 Å². The van der Waals surface area contributed by atoms with Crippen molar-refractivity contribution in [3.8, 4) is 0 Å². The molecule has 3 aliphatic rings. The van der Waals surface area contributed by atoms with E-state index in [0.717, 1.165) is 32.9 Å². The summed E-state index contributed by atoms with van der Waals surface area (Å²) in [4.78, 5) is 68.3. The Hall–Kier alpha value is -6.44. The molecule has 2 unspecified atom stereocenters. The third-order valence-corrected chi connectivity index (χ3v) is 10.6. The number of nitrogens with zero attached hydrogens (tertiary/aromatic N) is 1. The summed E-state index contributed by atoms with van der Waals surface area (Å²) in [6.07, 6.45) is -0.597. The van der Waals surface area contributed by atoms with Gasteiger partial charge in [0.15, 0.2) is 0 Å². The summed E-state index contributed by atoms with van der Waals surface area (Å²) in [5, 5.41) is 26.5. The van der Waals surface area contributed by atoms with Gasteiger partial charge in [-0.3, -0.25) is 29.0 Å². The lowest BCUT2D eigenvalue weighted by molar-refractivity contribution is -0.150. The Morgan fingerprint density at radius 3 is 1.71 bits per heavy atom. The van der Waals surface area contributed by atoms with Gasteiger partial charge in [-0.05, 0) is 22.9 Å². The number of benzene rings is 4. The van der Waals surface area contributed by atoms with Gasteiger partial charge in [0.2, 0.25) is 5.78 Å². The zero-order valence-corrected chi connectivity index (χ0v) is 32.8. The zero-order valence-electron chi connectivity index (χ0n) is 32.8. The van der Waals surface area contributed by atoms with Crippen molar-refractivity contribution in [3.05, 3.63) is 82.6 Å². The van der Waals surface area contributed by atoms with Crippen molar-refractivity contribution in [1.82, 2.24) is 0 Å². The van der Waals surface area contributed by atoms with E-state index in [1.54, 1.807) is 39.8 Å². The first-order valence-electron chi connectivity index (χ1n) is 19.7. The number of carbonyl (C=O) groups is 5. The van der Waals surface area contributed by atoms with Crippen LogP contribution in [0.15, 0.2) is 71.4 Å². The molecule has 2 atom stereocenters. The second-order valence-electron chi connectivity index (χ2n) is 14.3. The van der Waals surface area contributed by atoms with Crippen molar-refractivity contribution in [2.24, 2.45) is 16.8 Å². The van der Waals surface area contributed by atoms with Crippen LogP contribution in [0.5, 0.6) is 0 Å². The van der Waals surface area contributed by atoms with E-state index in [0.29, 0.717) is 21.8 Å². The maximum absolute atomic E-state index is 14.5. The number of aliphatic hydroxyl groups is 1. The Balaban J connectivity index is 1.32. The summed E-state index contributed by atoms with van der Waals surface area (Å²) in [5.74, 6) is -3.29. The fraction of sp³-hybridized carbons (Fsp3) is 0.364. The van der Waals surface area contributed by atoms with E-state index in [4.69, 9.17) is 23.9 Å². The van der Waals surface area contributed by atoms with Crippen LogP contribution in [0.1, 0.15) is 58.9 Å². The van der Waals surface area contributed by atoms with Crippen LogP contribution < -0.4 is 26.5 Å². The monoisotopic (exact) mass is 790 g/mol. The first-order chi connectivity index (χ1) is 28.1. The van der Waals surface area contributed by atoms with E-state index in [1.807, 2.05) is 48.5 Å². The molecule has 4 aromatic carbocycles. The minimum Gasteiger partial charge on any atom is -0.506 e. The first-order valence-corrected chi connectivity index (χ1v) is 19.7. The minimum atomic E-state index is -0.715. The maximum Gasteiger partial charge on any atom is 0.305 e. The van der Waals surface area contributed by atoms with Crippen LogP contribution in [0.3, 0.4) is 0 Å². The fourth-order valence-electron chi connectivity index (χ4n) is 7.40. The average molecular weight is 791 g/mol. The van der Waals surface area contributed by atoms with E-state index >= 15 is 0 Å². The molecule has 0 radical (unpaired) electrons. The smallest absolute Gasteiger partial charge is 0.305 e. The number of hydrogen-bond acceptors (Lipinski definition) is 14. The van der Waals surface area contributed by atoms with Gasteiger partial charge in [-0.1, -0.05) is 76.2 Å². The molecule has 2 aliphatic heterocycles. The van der Waals surface area contributed by atoms with Crippen LogP contribution in [0, 0.1) is 11.8 Å². The fourth-order valence-corrected chi connectivity index (χ4v) is 7.40. The van der Waals surface area contributed by atoms with E-state index in [2.05, 4.69) is 16.0 Å². The third kappa shape index (κ3) is 7.65. The summed E-state index contributed by atoms with van der Waals surface area (Å²) >= 11 is 0. The van der Waals surface area contributed by atoms with Gasteiger partial charge in [0.1, 0.15) is 44.5 Å². The number of hydrogen-bond donors (Lipinski definition) is 4. The first kappa shape index (κ1) is 39.8. The number of ether oxygens (including phenoxy) is 4. The number of Topliss-reactive ketones (excluding diaryl/α,β-unsaturated/α-hetero) is 1. The molecule has 302 valence electrons. The molecular weight excluding hydrogens is 745 g/mol. The van der Waals surface area contributed by atoms with Crippen molar-refractivity contribution in [1.29, 1.82) is 0 Å². The minimum absolute atomic E-state index is 0.0401. The number of aliphatic hydroxyl groups excluding tert-OH is 1. The van der Waals surface area contributed by atoms with E-state index in [1.165, 1.54) is 0 Å². The number of ketones is 1. The van der Waals surface area contributed by atoms with Gasteiger partial charge < -0.3 is 40.0 Å². The van der Waals surface area contributed by atoms with Gasteiger partial charge >= 0.3 is 23.9 Å². The molecule has 0 fully saturated rings. The highest BCUT2D eigenvalue weighted by molar-refractivity contribution is 6.52. The van der Waals surface area contributed by atoms with Gasteiger partial charge in [0.05, 0.1) is 34.0 Å². The van der Waals surface area contributed by atoms with Crippen molar-refractivity contribution in [2.75, 3.05) is 42.4 Å². The molecule has 2 heterocycles. The van der Waals surface area contributed by atoms with Gasteiger partial charge in [-0.2, -0.15) is 0 Å². The highest BCUT2D eigenvalue weighted by Gasteiger charge is 2.40. The molecule has 4 aromatic rings. The average Bonchev–Trinajstić information content (AvgIpc) is 3.24. The Morgan fingerprint density at radius 2 is 1.16 bits per heavy atom. The molecule has 14 nitrogen and oxygen atoms in total. The molecule has 0 spiro atoms. The lowest BCUT2D eigenvalue weighted by atomic mass is 9.80.